The minimum absolute atomic E-state index is 0.101. The molecule has 2 aromatic rings. The van der Waals surface area contributed by atoms with Gasteiger partial charge in [0.15, 0.2) is 5.82 Å². The van der Waals surface area contributed by atoms with Gasteiger partial charge in [0.1, 0.15) is 0 Å². The predicted octanol–water partition coefficient (Wildman–Crippen LogP) is 1.81. The summed E-state index contributed by atoms with van der Waals surface area (Å²) in [6.45, 7) is 0. The topological polar surface area (TPSA) is 71.8 Å². The molecule has 0 atom stereocenters. The Kier molecular flexibility index (Phi) is 2.09. The second-order valence-electron chi connectivity index (χ2n) is 2.75. The van der Waals surface area contributed by atoms with Crippen molar-refractivity contribution >= 4 is 39.9 Å². The molecule has 0 saturated carbocycles. The predicted molar refractivity (Wildman–Crippen MR) is 56.8 cm³/mol. The molecule has 0 fully saturated rings. The fraction of sp³-hybridized carbons (Fsp3) is 0. The summed E-state index contributed by atoms with van der Waals surface area (Å²) in [5.41, 5.74) is 5.41. The van der Waals surface area contributed by atoms with Gasteiger partial charge in [-0.2, -0.15) is 5.10 Å². The first-order valence-electron chi connectivity index (χ1n) is 3.72. The molecule has 6 heteroatoms. The van der Waals surface area contributed by atoms with Gasteiger partial charge in [0.2, 0.25) is 5.43 Å². The first-order chi connectivity index (χ1) is 6.59. The number of anilines is 1. The number of nitrogen functional groups attached to an aromatic ring is 1. The molecule has 4 nitrogen and oxygen atoms in total. The minimum atomic E-state index is -0.372. The third-order valence-corrected chi connectivity index (χ3v) is 2.34. The zero-order valence-electron chi connectivity index (χ0n) is 6.84. The van der Waals surface area contributed by atoms with E-state index in [1.807, 2.05) is 0 Å². The van der Waals surface area contributed by atoms with Gasteiger partial charge in [-0.3, -0.25) is 9.89 Å². The summed E-state index contributed by atoms with van der Waals surface area (Å²) in [7, 11) is 0. The number of nitrogens with zero attached hydrogens (tertiary/aromatic N) is 1. The molecule has 72 valence electrons. The van der Waals surface area contributed by atoms with E-state index in [-0.39, 0.29) is 11.2 Å². The minimum Gasteiger partial charge on any atom is -0.379 e. The largest absolute Gasteiger partial charge is 0.379 e. The molecule has 0 radical (unpaired) electrons. The number of nitrogens with two attached hydrogens (primary N) is 1. The fourth-order valence-electron chi connectivity index (χ4n) is 1.17. The number of aromatic amines is 1. The first-order valence-corrected chi connectivity index (χ1v) is 4.48. The Morgan fingerprint density at radius 3 is 2.79 bits per heavy atom. The van der Waals surface area contributed by atoms with Crippen LogP contribution in [-0.2, 0) is 0 Å². The molecule has 0 aliphatic carbocycles. The van der Waals surface area contributed by atoms with Crippen molar-refractivity contribution in [3.8, 4) is 0 Å². The highest BCUT2D eigenvalue weighted by Gasteiger charge is 2.07. The number of halogens is 2. The first kappa shape index (κ1) is 9.30. The SMILES string of the molecule is Nc1n[nH]c2c(Cl)cc(Cl)cc2c1=O. The summed E-state index contributed by atoms with van der Waals surface area (Å²) in [4.78, 5) is 11.5. The van der Waals surface area contributed by atoms with E-state index >= 15 is 0 Å². The summed E-state index contributed by atoms with van der Waals surface area (Å²) in [5.74, 6) is -0.101. The van der Waals surface area contributed by atoms with Crippen LogP contribution in [0.5, 0.6) is 0 Å². The average molecular weight is 230 g/mol. The molecule has 2 rings (SSSR count). The third-order valence-electron chi connectivity index (χ3n) is 1.82. The van der Waals surface area contributed by atoms with Gasteiger partial charge in [0.05, 0.1) is 15.9 Å². The lowest BCUT2D eigenvalue weighted by molar-refractivity contribution is 1.08. The van der Waals surface area contributed by atoms with Crippen LogP contribution in [0.15, 0.2) is 16.9 Å². The normalized spacial score (nSPS) is 10.7. The van der Waals surface area contributed by atoms with Crippen molar-refractivity contribution in [2.24, 2.45) is 0 Å². The molecule has 1 aromatic carbocycles. The quantitative estimate of drug-likeness (QED) is 0.724. The smallest absolute Gasteiger partial charge is 0.231 e. The lowest BCUT2D eigenvalue weighted by Gasteiger charge is -2.01. The van der Waals surface area contributed by atoms with Crippen molar-refractivity contribution in [1.82, 2.24) is 10.2 Å². The number of H-pyrrole nitrogens is 1. The molecule has 3 N–H and O–H groups in total. The Balaban J connectivity index is 3.03. The van der Waals surface area contributed by atoms with E-state index in [0.29, 0.717) is 20.9 Å². The van der Waals surface area contributed by atoms with Gasteiger partial charge in [0.25, 0.3) is 0 Å². The summed E-state index contributed by atoms with van der Waals surface area (Å²) < 4.78 is 0. The molecule has 14 heavy (non-hydrogen) atoms. The van der Waals surface area contributed by atoms with Crippen LogP contribution < -0.4 is 11.2 Å². The second kappa shape index (κ2) is 3.15. The van der Waals surface area contributed by atoms with Gasteiger partial charge in [0, 0.05) is 5.02 Å². The summed E-state index contributed by atoms with van der Waals surface area (Å²) in [5, 5.41) is 7.27. The van der Waals surface area contributed by atoms with Crippen LogP contribution in [0.4, 0.5) is 5.82 Å². The Hall–Kier alpha value is -1.26. The summed E-state index contributed by atoms with van der Waals surface area (Å²) >= 11 is 11.6. The van der Waals surface area contributed by atoms with Gasteiger partial charge in [-0.15, -0.1) is 0 Å². The van der Waals surface area contributed by atoms with Crippen molar-refractivity contribution in [3.05, 3.63) is 32.4 Å². The Bertz CT molecular complexity index is 564. The number of rotatable bonds is 0. The molecule has 0 aliphatic rings. The van der Waals surface area contributed by atoms with Crippen LogP contribution in [0.1, 0.15) is 0 Å². The zero-order chi connectivity index (χ0) is 10.3. The molecule has 0 bridgehead atoms. The van der Waals surface area contributed by atoms with Crippen LogP contribution in [0.3, 0.4) is 0 Å². The highest BCUT2D eigenvalue weighted by molar-refractivity contribution is 6.38. The number of benzene rings is 1. The second-order valence-corrected chi connectivity index (χ2v) is 3.59. The van der Waals surface area contributed by atoms with Crippen LogP contribution in [-0.4, -0.2) is 10.2 Å². The van der Waals surface area contributed by atoms with Crippen LogP contribution in [0.25, 0.3) is 10.9 Å². The van der Waals surface area contributed by atoms with Crippen molar-refractivity contribution in [3.63, 3.8) is 0 Å². The van der Waals surface area contributed by atoms with Crippen LogP contribution in [0.2, 0.25) is 10.0 Å². The Morgan fingerprint density at radius 1 is 1.36 bits per heavy atom. The van der Waals surface area contributed by atoms with Gasteiger partial charge < -0.3 is 5.73 Å². The Morgan fingerprint density at radius 2 is 2.07 bits per heavy atom. The highest BCUT2D eigenvalue weighted by Crippen LogP contribution is 2.23. The maximum Gasteiger partial charge on any atom is 0.231 e. The molecule has 0 unspecified atom stereocenters. The molecule has 0 aliphatic heterocycles. The van der Waals surface area contributed by atoms with E-state index in [1.54, 1.807) is 0 Å². The lowest BCUT2D eigenvalue weighted by atomic mass is 10.2. The van der Waals surface area contributed by atoms with E-state index in [0.717, 1.165) is 0 Å². The standard InChI is InChI=1S/C8H5Cl2N3O/c9-3-1-4-6(5(10)2-3)12-13-8(11)7(4)14/h1-2H,(H2,11,13)(H,12,14). The molecular formula is C8H5Cl2N3O. The van der Waals surface area contributed by atoms with Gasteiger partial charge >= 0.3 is 0 Å². The van der Waals surface area contributed by atoms with Gasteiger partial charge in [-0.05, 0) is 12.1 Å². The van der Waals surface area contributed by atoms with Gasteiger partial charge in [-0.1, -0.05) is 23.2 Å². The number of hydrogen-bond acceptors (Lipinski definition) is 3. The summed E-state index contributed by atoms with van der Waals surface area (Å²) in [6.07, 6.45) is 0. The van der Waals surface area contributed by atoms with Crippen molar-refractivity contribution in [1.29, 1.82) is 0 Å². The molecular weight excluding hydrogens is 225 g/mol. The number of fused-ring (bicyclic) bond motifs is 1. The number of nitrogens with one attached hydrogen (secondary N) is 1. The third kappa shape index (κ3) is 1.32. The molecule has 0 spiro atoms. The number of hydrogen-bond donors (Lipinski definition) is 2. The van der Waals surface area contributed by atoms with E-state index in [9.17, 15) is 4.79 Å². The van der Waals surface area contributed by atoms with E-state index < -0.39 is 0 Å². The maximum atomic E-state index is 11.5. The molecule has 0 amide bonds. The van der Waals surface area contributed by atoms with Crippen molar-refractivity contribution in [2.75, 3.05) is 5.73 Å². The fourth-order valence-corrected chi connectivity index (χ4v) is 1.71. The monoisotopic (exact) mass is 229 g/mol. The molecule has 1 heterocycles. The lowest BCUT2D eigenvalue weighted by Crippen LogP contribution is -2.12. The maximum absolute atomic E-state index is 11.5. The van der Waals surface area contributed by atoms with Gasteiger partial charge in [-0.25, -0.2) is 0 Å². The van der Waals surface area contributed by atoms with E-state index in [1.165, 1.54) is 12.1 Å². The zero-order valence-corrected chi connectivity index (χ0v) is 8.36. The van der Waals surface area contributed by atoms with E-state index in [4.69, 9.17) is 28.9 Å². The average Bonchev–Trinajstić information content (AvgIpc) is 2.12. The highest BCUT2D eigenvalue weighted by atomic mass is 35.5. The van der Waals surface area contributed by atoms with Crippen LogP contribution >= 0.6 is 23.2 Å². The Labute approximate surface area is 88.6 Å². The summed E-state index contributed by atoms with van der Waals surface area (Å²) in [6, 6.07) is 3.03. The van der Waals surface area contributed by atoms with Crippen LogP contribution in [0, 0.1) is 0 Å². The van der Waals surface area contributed by atoms with Crippen molar-refractivity contribution < 1.29 is 0 Å². The molecule has 1 aromatic heterocycles. The van der Waals surface area contributed by atoms with Crippen molar-refractivity contribution in [2.45, 2.75) is 0 Å². The molecule has 0 saturated heterocycles. The number of aromatic nitrogens is 2. The van der Waals surface area contributed by atoms with E-state index in [2.05, 4.69) is 10.2 Å².